The molecule has 1 aliphatic heterocycles. The van der Waals surface area contributed by atoms with Crippen molar-refractivity contribution < 1.29 is 14.3 Å². The highest BCUT2D eigenvalue weighted by Gasteiger charge is 2.21. The molecule has 1 fully saturated rings. The smallest absolute Gasteiger partial charge is 0.222 e. The third-order valence-corrected chi connectivity index (χ3v) is 4.12. The number of hydrogen-bond acceptors (Lipinski definition) is 4. The molecule has 0 unspecified atom stereocenters. The Labute approximate surface area is 175 Å². The van der Waals surface area contributed by atoms with Gasteiger partial charge in [0.2, 0.25) is 5.91 Å². The highest BCUT2D eigenvalue weighted by molar-refractivity contribution is 14.0. The second kappa shape index (κ2) is 15.4. The molecule has 1 heterocycles. The van der Waals surface area contributed by atoms with Gasteiger partial charge in [0.25, 0.3) is 0 Å². The summed E-state index contributed by atoms with van der Waals surface area (Å²) in [6.07, 6.45) is 3.31. The van der Waals surface area contributed by atoms with Crippen LogP contribution in [0.15, 0.2) is 4.99 Å². The molecule has 1 amide bonds. The van der Waals surface area contributed by atoms with Crippen LogP contribution in [0, 0.1) is 5.92 Å². The number of ether oxygens (including phenoxy) is 2. The van der Waals surface area contributed by atoms with Gasteiger partial charge >= 0.3 is 0 Å². The minimum absolute atomic E-state index is 0. The highest BCUT2D eigenvalue weighted by Crippen LogP contribution is 2.14. The van der Waals surface area contributed by atoms with Crippen LogP contribution < -0.4 is 10.6 Å². The van der Waals surface area contributed by atoms with Crippen molar-refractivity contribution in [3.63, 3.8) is 0 Å². The van der Waals surface area contributed by atoms with Gasteiger partial charge in [-0.25, -0.2) is 0 Å². The number of carbonyl (C=O) groups excluding carboxylic acids is 1. The topological polar surface area (TPSA) is 75.2 Å². The van der Waals surface area contributed by atoms with Crippen molar-refractivity contribution in [2.75, 3.05) is 53.0 Å². The molecule has 1 aliphatic rings. The molecule has 26 heavy (non-hydrogen) atoms. The average molecular weight is 484 g/mol. The van der Waals surface area contributed by atoms with Gasteiger partial charge < -0.3 is 25.0 Å². The average Bonchev–Trinajstić information content (AvgIpc) is 2.61. The van der Waals surface area contributed by atoms with Gasteiger partial charge in [-0.15, -0.1) is 24.0 Å². The van der Waals surface area contributed by atoms with Crippen LogP contribution in [-0.4, -0.2) is 75.9 Å². The quantitative estimate of drug-likeness (QED) is 0.214. The van der Waals surface area contributed by atoms with Crippen LogP contribution in [0.25, 0.3) is 0 Å². The summed E-state index contributed by atoms with van der Waals surface area (Å²) in [6.45, 7) is 11.3. The van der Waals surface area contributed by atoms with Crippen LogP contribution in [0.5, 0.6) is 0 Å². The van der Waals surface area contributed by atoms with Crippen molar-refractivity contribution in [2.45, 2.75) is 46.1 Å². The fourth-order valence-electron chi connectivity index (χ4n) is 2.66. The Balaban J connectivity index is 0.00000625. The minimum atomic E-state index is 0. The van der Waals surface area contributed by atoms with Crippen LogP contribution in [0.4, 0.5) is 0 Å². The Hall–Kier alpha value is -0.610. The third kappa shape index (κ3) is 10.5. The van der Waals surface area contributed by atoms with Gasteiger partial charge in [0.15, 0.2) is 5.96 Å². The van der Waals surface area contributed by atoms with Crippen LogP contribution >= 0.6 is 24.0 Å². The Morgan fingerprint density at radius 3 is 2.50 bits per heavy atom. The molecule has 8 heteroatoms. The molecule has 0 saturated carbocycles. The monoisotopic (exact) mass is 484 g/mol. The molecule has 1 saturated heterocycles. The molecule has 2 N–H and O–H groups in total. The van der Waals surface area contributed by atoms with Gasteiger partial charge in [-0.2, -0.15) is 0 Å². The fourth-order valence-corrected chi connectivity index (χ4v) is 2.66. The van der Waals surface area contributed by atoms with E-state index in [0.717, 1.165) is 58.1 Å². The summed E-state index contributed by atoms with van der Waals surface area (Å²) in [4.78, 5) is 18.5. The van der Waals surface area contributed by atoms with E-state index in [0.29, 0.717) is 19.2 Å². The van der Waals surface area contributed by atoms with Gasteiger partial charge in [-0.1, -0.05) is 13.8 Å². The first kappa shape index (κ1) is 25.4. The zero-order chi connectivity index (χ0) is 18.5. The first-order valence-corrected chi connectivity index (χ1v) is 9.50. The van der Waals surface area contributed by atoms with E-state index in [-0.39, 0.29) is 35.8 Å². The number of aliphatic imine (C=N–C) groups is 1. The molecule has 0 atom stereocenters. The Morgan fingerprint density at radius 1 is 1.23 bits per heavy atom. The van der Waals surface area contributed by atoms with E-state index in [4.69, 9.17) is 9.47 Å². The van der Waals surface area contributed by atoms with Gasteiger partial charge in [0, 0.05) is 52.4 Å². The predicted molar refractivity (Wildman–Crippen MR) is 116 cm³/mol. The second-order valence-electron chi connectivity index (χ2n) is 6.58. The number of methoxy groups -OCH3 is 1. The van der Waals surface area contributed by atoms with Crippen LogP contribution in [0.1, 0.15) is 40.0 Å². The summed E-state index contributed by atoms with van der Waals surface area (Å²) in [5, 5.41) is 6.24. The highest BCUT2D eigenvalue weighted by atomic mass is 127. The Morgan fingerprint density at radius 2 is 1.92 bits per heavy atom. The van der Waals surface area contributed by atoms with E-state index in [2.05, 4.69) is 27.4 Å². The summed E-state index contributed by atoms with van der Waals surface area (Å²) in [5.41, 5.74) is 0. The molecule has 1 rings (SSSR count). The number of amides is 1. The van der Waals surface area contributed by atoms with E-state index >= 15 is 0 Å². The number of halogens is 1. The number of nitrogens with zero attached hydrogens (tertiary/aromatic N) is 2. The zero-order valence-corrected chi connectivity index (χ0v) is 19.1. The zero-order valence-electron chi connectivity index (χ0n) is 16.8. The van der Waals surface area contributed by atoms with Crippen LogP contribution in [0.2, 0.25) is 0 Å². The van der Waals surface area contributed by atoms with Gasteiger partial charge in [0.1, 0.15) is 0 Å². The summed E-state index contributed by atoms with van der Waals surface area (Å²) < 4.78 is 10.9. The molecular weight excluding hydrogens is 447 g/mol. The van der Waals surface area contributed by atoms with E-state index in [9.17, 15) is 4.79 Å². The summed E-state index contributed by atoms with van der Waals surface area (Å²) >= 11 is 0. The first-order chi connectivity index (χ1) is 12.1. The van der Waals surface area contributed by atoms with Crippen molar-refractivity contribution in [1.29, 1.82) is 0 Å². The number of hydrogen-bond donors (Lipinski definition) is 2. The SMILES string of the molecule is CCNC(=NCCNC(=O)C(C)C)N1CCC(OCCCOC)CC1.I. The Kier molecular flexibility index (Phi) is 15.1. The lowest BCUT2D eigenvalue weighted by atomic mass is 10.1. The number of guanidine groups is 1. The maximum absolute atomic E-state index is 11.6. The maximum Gasteiger partial charge on any atom is 0.222 e. The Bertz CT molecular complexity index is 400. The lowest BCUT2D eigenvalue weighted by molar-refractivity contribution is -0.123. The number of carbonyl (C=O) groups is 1. The van der Waals surface area contributed by atoms with E-state index in [1.54, 1.807) is 7.11 Å². The molecule has 0 bridgehead atoms. The fraction of sp³-hybridized carbons (Fsp3) is 0.889. The number of piperidine rings is 1. The standard InChI is InChI=1S/C18H36N4O3.HI/c1-5-19-18(21-10-9-20-17(23)15(2)3)22-11-7-16(8-12-22)25-14-6-13-24-4;/h15-16H,5-14H2,1-4H3,(H,19,21)(H,20,23);1H. The van der Waals surface area contributed by atoms with Crippen molar-refractivity contribution >= 4 is 35.8 Å². The normalized spacial score (nSPS) is 15.7. The minimum Gasteiger partial charge on any atom is -0.385 e. The van der Waals surface area contributed by atoms with E-state index < -0.39 is 0 Å². The molecule has 7 nitrogen and oxygen atoms in total. The lowest BCUT2D eigenvalue weighted by Crippen LogP contribution is -2.47. The van der Waals surface area contributed by atoms with Crippen LogP contribution in [-0.2, 0) is 14.3 Å². The number of rotatable bonds is 10. The molecule has 0 aromatic rings. The molecule has 0 aromatic heterocycles. The second-order valence-corrected chi connectivity index (χ2v) is 6.58. The molecule has 0 radical (unpaired) electrons. The molecule has 0 aromatic carbocycles. The maximum atomic E-state index is 11.6. The molecule has 154 valence electrons. The van der Waals surface area contributed by atoms with Crippen molar-refractivity contribution in [3.05, 3.63) is 0 Å². The molecular formula is C18H37IN4O3. The first-order valence-electron chi connectivity index (χ1n) is 9.50. The third-order valence-electron chi connectivity index (χ3n) is 4.12. The largest absolute Gasteiger partial charge is 0.385 e. The van der Waals surface area contributed by atoms with Crippen molar-refractivity contribution in [3.8, 4) is 0 Å². The summed E-state index contributed by atoms with van der Waals surface area (Å²) in [5.74, 6) is 1.02. The number of likely N-dealkylation sites (tertiary alicyclic amines) is 1. The van der Waals surface area contributed by atoms with Crippen molar-refractivity contribution in [1.82, 2.24) is 15.5 Å². The number of nitrogens with one attached hydrogen (secondary N) is 2. The van der Waals surface area contributed by atoms with Gasteiger partial charge in [-0.05, 0) is 26.2 Å². The van der Waals surface area contributed by atoms with E-state index in [1.165, 1.54) is 0 Å². The van der Waals surface area contributed by atoms with Crippen LogP contribution in [0.3, 0.4) is 0 Å². The predicted octanol–water partition coefficient (Wildman–Crippen LogP) is 1.86. The van der Waals surface area contributed by atoms with Gasteiger partial charge in [-0.3, -0.25) is 9.79 Å². The van der Waals surface area contributed by atoms with Gasteiger partial charge in [0.05, 0.1) is 12.6 Å². The van der Waals surface area contributed by atoms with Crippen molar-refractivity contribution in [2.24, 2.45) is 10.9 Å². The molecule has 0 aliphatic carbocycles. The van der Waals surface area contributed by atoms with E-state index in [1.807, 2.05) is 13.8 Å². The molecule has 0 spiro atoms. The summed E-state index contributed by atoms with van der Waals surface area (Å²) in [7, 11) is 1.72. The lowest BCUT2D eigenvalue weighted by Gasteiger charge is -2.34. The summed E-state index contributed by atoms with van der Waals surface area (Å²) in [6, 6.07) is 0.